The Bertz CT molecular complexity index is 382. The zero-order valence-corrected chi connectivity index (χ0v) is 12.3. The van der Waals surface area contributed by atoms with Crippen LogP contribution in [-0.4, -0.2) is 11.1 Å². The van der Waals surface area contributed by atoms with Gasteiger partial charge in [0.1, 0.15) is 0 Å². The van der Waals surface area contributed by atoms with Crippen LogP contribution in [0.15, 0.2) is 23.8 Å². The van der Waals surface area contributed by atoms with Gasteiger partial charge in [-0.05, 0) is 43.6 Å². The van der Waals surface area contributed by atoms with Gasteiger partial charge in [-0.1, -0.05) is 41.1 Å². The predicted molar refractivity (Wildman–Crippen MR) is 75.3 cm³/mol. The second-order valence-corrected chi connectivity index (χ2v) is 6.32. The summed E-state index contributed by atoms with van der Waals surface area (Å²) in [4.78, 5) is 12.3. The van der Waals surface area contributed by atoms with Gasteiger partial charge in [0.25, 0.3) is 0 Å². The van der Waals surface area contributed by atoms with E-state index in [4.69, 9.17) is 0 Å². The minimum Gasteiger partial charge on any atom is -0.295 e. The molecule has 0 N–H and O–H groups in total. The summed E-state index contributed by atoms with van der Waals surface area (Å²) < 4.78 is 0. The minimum atomic E-state index is 0.0667. The molecule has 0 heterocycles. The molecule has 2 aliphatic rings. The molecular formula is C15H21BrO. The highest BCUT2D eigenvalue weighted by Crippen LogP contribution is 2.53. The van der Waals surface area contributed by atoms with Crippen LogP contribution in [0.5, 0.6) is 0 Å². The molecule has 0 aromatic rings. The van der Waals surface area contributed by atoms with Gasteiger partial charge < -0.3 is 0 Å². The summed E-state index contributed by atoms with van der Waals surface area (Å²) in [5.41, 5.74) is 2.33. The average molecular weight is 297 g/mol. The van der Waals surface area contributed by atoms with Gasteiger partial charge in [0.2, 0.25) is 0 Å². The van der Waals surface area contributed by atoms with E-state index in [0.717, 1.165) is 29.3 Å². The number of halogens is 1. The predicted octanol–water partition coefficient (Wildman–Crippen LogP) is 4.28. The van der Waals surface area contributed by atoms with Crippen molar-refractivity contribution in [2.75, 3.05) is 5.33 Å². The van der Waals surface area contributed by atoms with Crippen LogP contribution in [-0.2, 0) is 4.79 Å². The van der Waals surface area contributed by atoms with Crippen molar-refractivity contribution in [1.82, 2.24) is 0 Å². The molecule has 0 aliphatic heterocycles. The van der Waals surface area contributed by atoms with Gasteiger partial charge in [-0.3, -0.25) is 4.79 Å². The lowest BCUT2D eigenvalue weighted by Crippen LogP contribution is -2.44. The van der Waals surface area contributed by atoms with E-state index in [2.05, 4.69) is 42.4 Å². The summed E-state index contributed by atoms with van der Waals surface area (Å²) >= 11 is 3.67. The van der Waals surface area contributed by atoms with E-state index in [1.165, 1.54) is 6.42 Å². The van der Waals surface area contributed by atoms with Crippen LogP contribution in [0.4, 0.5) is 0 Å². The molecular weight excluding hydrogens is 276 g/mol. The smallest absolute Gasteiger partial charge is 0.159 e. The topological polar surface area (TPSA) is 17.1 Å². The van der Waals surface area contributed by atoms with Crippen molar-refractivity contribution in [2.45, 2.75) is 39.5 Å². The van der Waals surface area contributed by atoms with Crippen molar-refractivity contribution in [3.8, 4) is 0 Å². The molecule has 94 valence electrons. The molecule has 2 rings (SSSR count). The maximum Gasteiger partial charge on any atom is 0.159 e. The average Bonchev–Trinajstić information content (AvgIpc) is 2.30. The van der Waals surface area contributed by atoms with E-state index in [-0.39, 0.29) is 5.41 Å². The molecule has 0 spiro atoms. The normalized spacial score (nSPS) is 37.4. The lowest BCUT2D eigenvalue weighted by atomic mass is 9.57. The Balaban J connectivity index is 2.41. The summed E-state index contributed by atoms with van der Waals surface area (Å²) in [6.45, 7) is 8.41. The van der Waals surface area contributed by atoms with Crippen molar-refractivity contribution in [3.05, 3.63) is 23.8 Å². The van der Waals surface area contributed by atoms with Crippen molar-refractivity contribution in [2.24, 2.45) is 17.3 Å². The second-order valence-electron chi connectivity index (χ2n) is 5.76. The summed E-state index contributed by atoms with van der Waals surface area (Å²) in [6, 6.07) is 0. The number of hydrogen-bond donors (Lipinski definition) is 0. The summed E-state index contributed by atoms with van der Waals surface area (Å²) in [6.07, 6.45) is 6.22. The van der Waals surface area contributed by atoms with E-state index >= 15 is 0 Å². The third-order valence-corrected chi connectivity index (χ3v) is 5.71. The lowest BCUT2D eigenvalue weighted by molar-refractivity contribution is -0.120. The molecule has 0 amide bonds. The van der Waals surface area contributed by atoms with Crippen molar-refractivity contribution < 1.29 is 4.79 Å². The van der Waals surface area contributed by atoms with E-state index in [9.17, 15) is 4.79 Å². The van der Waals surface area contributed by atoms with Crippen LogP contribution in [0.25, 0.3) is 0 Å². The SMILES string of the molecule is C=C(C)C1CC(=O)C2=CCCC(C)C2(CBr)C1. The van der Waals surface area contributed by atoms with E-state index in [0.29, 0.717) is 24.0 Å². The fourth-order valence-corrected chi connectivity index (χ4v) is 4.46. The van der Waals surface area contributed by atoms with Gasteiger partial charge in [-0.15, -0.1) is 0 Å². The van der Waals surface area contributed by atoms with Crippen LogP contribution >= 0.6 is 15.9 Å². The van der Waals surface area contributed by atoms with Gasteiger partial charge >= 0.3 is 0 Å². The summed E-state index contributed by atoms with van der Waals surface area (Å²) in [7, 11) is 0. The van der Waals surface area contributed by atoms with Crippen molar-refractivity contribution in [1.29, 1.82) is 0 Å². The highest BCUT2D eigenvalue weighted by Gasteiger charge is 2.48. The summed E-state index contributed by atoms with van der Waals surface area (Å²) in [5.74, 6) is 1.32. The molecule has 3 unspecified atom stereocenters. The molecule has 1 nitrogen and oxygen atoms in total. The molecule has 2 heteroatoms. The molecule has 3 atom stereocenters. The highest BCUT2D eigenvalue weighted by molar-refractivity contribution is 9.09. The first kappa shape index (κ1) is 13.1. The van der Waals surface area contributed by atoms with Gasteiger partial charge in [0, 0.05) is 17.2 Å². The summed E-state index contributed by atoms with van der Waals surface area (Å²) in [5, 5.41) is 0.905. The van der Waals surface area contributed by atoms with Gasteiger partial charge in [0.15, 0.2) is 5.78 Å². The molecule has 0 aromatic heterocycles. The Kier molecular flexibility index (Phi) is 3.63. The molecule has 0 bridgehead atoms. The number of allylic oxidation sites excluding steroid dienone is 3. The van der Waals surface area contributed by atoms with E-state index in [1.807, 2.05) is 0 Å². The molecule has 17 heavy (non-hydrogen) atoms. The Morgan fingerprint density at radius 3 is 2.94 bits per heavy atom. The quantitative estimate of drug-likeness (QED) is 0.549. The number of ketones is 1. The van der Waals surface area contributed by atoms with Gasteiger partial charge in [-0.25, -0.2) is 0 Å². The molecule has 0 aromatic carbocycles. The van der Waals surface area contributed by atoms with Crippen LogP contribution in [0, 0.1) is 17.3 Å². The first-order chi connectivity index (χ1) is 8.01. The lowest BCUT2D eigenvalue weighted by Gasteiger charge is -2.47. The molecule has 1 saturated carbocycles. The number of fused-ring (bicyclic) bond motifs is 1. The standard InChI is InChI=1S/C15H21BrO/c1-10(2)12-7-14(17)13-6-4-5-11(3)15(13,8-12)9-16/h6,11-12H,1,4-5,7-9H2,2-3H3. The maximum absolute atomic E-state index is 12.3. The third-order valence-electron chi connectivity index (χ3n) is 4.71. The first-order valence-corrected chi connectivity index (χ1v) is 7.58. The number of carbonyl (C=O) groups excluding carboxylic acids is 1. The van der Waals surface area contributed by atoms with Gasteiger partial charge in [0.05, 0.1) is 0 Å². The third kappa shape index (κ3) is 2.05. The zero-order valence-electron chi connectivity index (χ0n) is 10.8. The Labute approximate surface area is 112 Å². The van der Waals surface area contributed by atoms with Crippen molar-refractivity contribution in [3.63, 3.8) is 0 Å². The molecule has 0 radical (unpaired) electrons. The van der Waals surface area contributed by atoms with Crippen LogP contribution < -0.4 is 0 Å². The highest BCUT2D eigenvalue weighted by atomic mass is 79.9. The fourth-order valence-electron chi connectivity index (χ4n) is 3.38. The minimum absolute atomic E-state index is 0.0667. The molecule has 0 saturated heterocycles. The van der Waals surface area contributed by atoms with Gasteiger partial charge in [-0.2, -0.15) is 0 Å². The largest absolute Gasteiger partial charge is 0.295 e. The van der Waals surface area contributed by atoms with Crippen LogP contribution in [0.2, 0.25) is 0 Å². The zero-order chi connectivity index (χ0) is 12.6. The number of Topliss-reactive ketones (excluding diaryl/α,β-unsaturated/α-hetero) is 1. The fraction of sp³-hybridized carbons (Fsp3) is 0.667. The molecule has 1 fully saturated rings. The Morgan fingerprint density at radius 1 is 1.65 bits per heavy atom. The van der Waals surface area contributed by atoms with E-state index in [1.54, 1.807) is 0 Å². The number of carbonyl (C=O) groups is 1. The maximum atomic E-state index is 12.3. The Hall–Kier alpha value is -0.370. The second kappa shape index (κ2) is 4.72. The van der Waals surface area contributed by atoms with Crippen LogP contribution in [0.3, 0.4) is 0 Å². The first-order valence-electron chi connectivity index (χ1n) is 6.46. The molecule has 2 aliphatic carbocycles. The van der Waals surface area contributed by atoms with Crippen molar-refractivity contribution >= 4 is 21.7 Å². The van der Waals surface area contributed by atoms with Crippen LogP contribution in [0.1, 0.15) is 39.5 Å². The number of rotatable bonds is 2. The van der Waals surface area contributed by atoms with E-state index < -0.39 is 0 Å². The Morgan fingerprint density at radius 2 is 2.35 bits per heavy atom. The number of alkyl halides is 1. The number of hydrogen-bond acceptors (Lipinski definition) is 1. The monoisotopic (exact) mass is 296 g/mol.